The monoisotopic (exact) mass is 223 g/mol. The molecule has 2 aliphatic rings. The second kappa shape index (κ2) is 5.08. The maximum atomic E-state index is 2.62. The van der Waals surface area contributed by atoms with E-state index >= 15 is 0 Å². The van der Waals surface area contributed by atoms with E-state index in [9.17, 15) is 0 Å². The van der Waals surface area contributed by atoms with Gasteiger partial charge < -0.3 is 4.90 Å². The van der Waals surface area contributed by atoms with Crippen LogP contribution in [0.5, 0.6) is 0 Å². The normalized spacial score (nSPS) is 26.1. The molecular formula is C15H29N. The molecule has 1 nitrogen and oxygen atoms in total. The largest absolute Gasteiger partial charge is 0.303 e. The van der Waals surface area contributed by atoms with Crippen LogP contribution in [0.3, 0.4) is 0 Å². The van der Waals surface area contributed by atoms with Crippen LogP contribution < -0.4 is 0 Å². The Bertz CT molecular complexity index is 205. The van der Waals surface area contributed by atoms with Gasteiger partial charge in [-0.05, 0) is 56.9 Å². The molecule has 1 heteroatoms. The van der Waals surface area contributed by atoms with E-state index in [4.69, 9.17) is 0 Å². The molecule has 2 rings (SSSR count). The van der Waals surface area contributed by atoms with E-state index in [1.54, 1.807) is 0 Å². The molecule has 0 aromatic heterocycles. The highest BCUT2D eigenvalue weighted by Crippen LogP contribution is 2.49. The first-order chi connectivity index (χ1) is 7.61. The van der Waals surface area contributed by atoms with Gasteiger partial charge in [0.05, 0.1) is 0 Å². The van der Waals surface area contributed by atoms with Crippen LogP contribution in [0.2, 0.25) is 0 Å². The Morgan fingerprint density at radius 2 is 1.62 bits per heavy atom. The Balaban J connectivity index is 1.80. The van der Waals surface area contributed by atoms with Crippen LogP contribution in [-0.2, 0) is 0 Å². The highest BCUT2D eigenvalue weighted by molar-refractivity contribution is 4.91. The van der Waals surface area contributed by atoms with Gasteiger partial charge in [0, 0.05) is 12.6 Å². The van der Waals surface area contributed by atoms with Crippen LogP contribution in [0, 0.1) is 11.3 Å². The minimum absolute atomic E-state index is 0.801. The van der Waals surface area contributed by atoms with Crippen LogP contribution in [0.15, 0.2) is 0 Å². The van der Waals surface area contributed by atoms with Crippen LogP contribution in [0.25, 0.3) is 0 Å². The Hall–Kier alpha value is -0.0400. The van der Waals surface area contributed by atoms with E-state index in [0.717, 1.165) is 17.4 Å². The van der Waals surface area contributed by atoms with Gasteiger partial charge in [0.1, 0.15) is 0 Å². The van der Waals surface area contributed by atoms with Crippen molar-refractivity contribution in [3.05, 3.63) is 0 Å². The number of rotatable bonds is 3. The molecule has 1 spiro atoms. The first-order valence-electron chi connectivity index (χ1n) is 7.32. The summed E-state index contributed by atoms with van der Waals surface area (Å²) in [6.07, 6.45) is 12.0. The van der Waals surface area contributed by atoms with Crippen LogP contribution in [0.4, 0.5) is 0 Å². The zero-order valence-corrected chi connectivity index (χ0v) is 11.5. The number of hydrogen-bond donors (Lipinski definition) is 0. The fraction of sp³-hybridized carbons (Fsp3) is 1.00. The van der Waals surface area contributed by atoms with Crippen molar-refractivity contribution in [3.8, 4) is 0 Å². The quantitative estimate of drug-likeness (QED) is 0.697. The molecule has 0 aromatic rings. The molecule has 2 saturated carbocycles. The van der Waals surface area contributed by atoms with Crippen molar-refractivity contribution < 1.29 is 0 Å². The van der Waals surface area contributed by atoms with Crippen molar-refractivity contribution in [2.24, 2.45) is 11.3 Å². The maximum Gasteiger partial charge on any atom is 0.00927 e. The standard InChI is InChI=1S/C15H29N/c1-13(2)12-16(3)14-6-10-15(11-7-14)8-4-5-9-15/h13-14H,4-12H2,1-3H3. The topological polar surface area (TPSA) is 3.24 Å². The number of nitrogens with zero attached hydrogens (tertiary/aromatic N) is 1. The van der Waals surface area contributed by atoms with Crippen LogP contribution in [-0.4, -0.2) is 24.5 Å². The molecule has 94 valence electrons. The minimum atomic E-state index is 0.801. The fourth-order valence-corrected chi connectivity index (χ4v) is 4.01. The summed E-state index contributed by atoms with van der Waals surface area (Å²) in [5, 5.41) is 0. The average Bonchev–Trinajstić information content (AvgIpc) is 2.66. The fourth-order valence-electron chi connectivity index (χ4n) is 4.01. The van der Waals surface area contributed by atoms with Crippen molar-refractivity contribution in [1.82, 2.24) is 4.90 Å². The summed E-state index contributed by atoms with van der Waals surface area (Å²) in [7, 11) is 2.33. The van der Waals surface area contributed by atoms with Crippen molar-refractivity contribution >= 4 is 0 Å². The lowest BCUT2D eigenvalue weighted by molar-refractivity contribution is 0.101. The van der Waals surface area contributed by atoms with Gasteiger partial charge in [-0.2, -0.15) is 0 Å². The molecule has 0 unspecified atom stereocenters. The summed E-state index contributed by atoms with van der Waals surface area (Å²) in [5.74, 6) is 0.812. The number of hydrogen-bond acceptors (Lipinski definition) is 1. The van der Waals surface area contributed by atoms with Gasteiger partial charge in [0.15, 0.2) is 0 Å². The lowest BCUT2D eigenvalue weighted by atomic mass is 9.71. The Labute approximate surface area is 102 Å². The molecule has 0 N–H and O–H groups in total. The summed E-state index contributed by atoms with van der Waals surface area (Å²) in [4.78, 5) is 2.62. The molecule has 0 heterocycles. The minimum Gasteiger partial charge on any atom is -0.303 e. The summed E-state index contributed by atoms with van der Waals surface area (Å²) in [6, 6.07) is 0.883. The first kappa shape index (κ1) is 12.4. The lowest BCUT2D eigenvalue weighted by Gasteiger charge is -2.41. The zero-order chi connectivity index (χ0) is 11.6. The van der Waals surface area contributed by atoms with E-state index in [1.807, 2.05) is 0 Å². The van der Waals surface area contributed by atoms with Crippen molar-refractivity contribution in [3.63, 3.8) is 0 Å². The van der Waals surface area contributed by atoms with Crippen molar-refractivity contribution in [1.29, 1.82) is 0 Å². The molecule has 0 amide bonds. The third-order valence-corrected chi connectivity index (χ3v) is 4.96. The summed E-state index contributed by atoms with van der Waals surface area (Å²) in [6.45, 7) is 5.94. The Morgan fingerprint density at radius 1 is 1.06 bits per heavy atom. The summed E-state index contributed by atoms with van der Waals surface area (Å²) >= 11 is 0. The molecule has 2 fully saturated rings. The third kappa shape index (κ3) is 2.80. The van der Waals surface area contributed by atoms with E-state index in [2.05, 4.69) is 25.8 Å². The lowest BCUT2D eigenvalue weighted by Crippen LogP contribution is -2.39. The molecule has 2 aliphatic carbocycles. The molecule has 0 saturated heterocycles. The first-order valence-corrected chi connectivity index (χ1v) is 7.32. The molecule has 0 aromatic carbocycles. The van der Waals surface area contributed by atoms with Gasteiger partial charge in [-0.15, -0.1) is 0 Å². The Kier molecular flexibility index (Phi) is 3.94. The second-order valence-corrected chi connectivity index (χ2v) is 6.77. The zero-order valence-electron chi connectivity index (χ0n) is 11.5. The maximum absolute atomic E-state index is 2.62. The summed E-state index contributed by atoms with van der Waals surface area (Å²) in [5.41, 5.74) is 0.801. The Morgan fingerprint density at radius 3 is 2.12 bits per heavy atom. The van der Waals surface area contributed by atoms with E-state index in [0.29, 0.717) is 0 Å². The van der Waals surface area contributed by atoms with Gasteiger partial charge in [-0.1, -0.05) is 26.7 Å². The highest BCUT2D eigenvalue weighted by atomic mass is 15.1. The van der Waals surface area contributed by atoms with Gasteiger partial charge in [0.25, 0.3) is 0 Å². The molecule has 0 bridgehead atoms. The second-order valence-electron chi connectivity index (χ2n) is 6.77. The highest BCUT2D eigenvalue weighted by Gasteiger charge is 2.38. The third-order valence-electron chi connectivity index (χ3n) is 4.96. The van der Waals surface area contributed by atoms with Crippen molar-refractivity contribution in [2.75, 3.05) is 13.6 Å². The van der Waals surface area contributed by atoms with Gasteiger partial charge in [0.2, 0.25) is 0 Å². The van der Waals surface area contributed by atoms with Gasteiger partial charge >= 0.3 is 0 Å². The van der Waals surface area contributed by atoms with Crippen LogP contribution in [0.1, 0.15) is 65.2 Å². The molecule has 0 atom stereocenters. The van der Waals surface area contributed by atoms with Gasteiger partial charge in [-0.25, -0.2) is 0 Å². The molecular weight excluding hydrogens is 194 g/mol. The summed E-state index contributed by atoms with van der Waals surface area (Å²) < 4.78 is 0. The SMILES string of the molecule is CC(C)CN(C)C1CCC2(CCCC2)CC1. The van der Waals surface area contributed by atoms with Crippen LogP contribution >= 0.6 is 0 Å². The predicted molar refractivity (Wildman–Crippen MR) is 70.6 cm³/mol. The van der Waals surface area contributed by atoms with E-state index in [-0.39, 0.29) is 0 Å². The average molecular weight is 223 g/mol. The molecule has 16 heavy (non-hydrogen) atoms. The van der Waals surface area contributed by atoms with Crippen molar-refractivity contribution in [2.45, 2.75) is 71.3 Å². The smallest absolute Gasteiger partial charge is 0.00927 e. The molecule has 0 aliphatic heterocycles. The van der Waals surface area contributed by atoms with Gasteiger partial charge in [-0.3, -0.25) is 0 Å². The van der Waals surface area contributed by atoms with E-state index in [1.165, 1.54) is 57.9 Å². The molecule has 0 radical (unpaired) electrons. The predicted octanol–water partition coefficient (Wildman–Crippen LogP) is 4.08. The van der Waals surface area contributed by atoms with E-state index < -0.39 is 0 Å².